The minimum absolute atomic E-state index is 0.0735. The first kappa shape index (κ1) is 14.5. The Labute approximate surface area is 115 Å². The first-order chi connectivity index (χ1) is 8.79. The van der Waals surface area contributed by atoms with Crippen LogP contribution in [0.4, 0.5) is 10.1 Å². The molecule has 5 nitrogen and oxygen atoms in total. The second-order valence-corrected chi connectivity index (χ2v) is 6.80. The first-order valence-corrected chi connectivity index (χ1v) is 7.58. The second-order valence-electron chi connectivity index (χ2n) is 4.66. The summed E-state index contributed by atoms with van der Waals surface area (Å²) in [5.41, 5.74) is 5.53. The molecule has 106 valence electrons. The van der Waals surface area contributed by atoms with E-state index in [9.17, 15) is 12.8 Å². The van der Waals surface area contributed by atoms with Crippen LogP contribution in [-0.2, 0) is 10.0 Å². The van der Waals surface area contributed by atoms with E-state index in [1.54, 1.807) is 0 Å². The van der Waals surface area contributed by atoms with Crippen LogP contribution >= 0.6 is 11.6 Å². The molecule has 0 bridgehead atoms. The first-order valence-electron chi connectivity index (χ1n) is 5.72. The number of anilines is 1. The van der Waals surface area contributed by atoms with E-state index in [4.69, 9.17) is 22.4 Å². The number of benzene rings is 1. The largest absolute Gasteiger partial charge is 0.399 e. The Kier molecular flexibility index (Phi) is 4.00. The van der Waals surface area contributed by atoms with Crippen LogP contribution in [0.3, 0.4) is 0 Å². The van der Waals surface area contributed by atoms with Crippen molar-refractivity contribution in [3.05, 3.63) is 23.0 Å². The molecule has 0 unspecified atom stereocenters. The summed E-state index contributed by atoms with van der Waals surface area (Å²) in [6.07, 6.45) is 0.721. The molecule has 0 radical (unpaired) electrons. The lowest BCUT2D eigenvalue weighted by molar-refractivity contribution is 0.0453. The average Bonchev–Trinajstić information content (AvgIpc) is 2.27. The fraction of sp³-hybridized carbons (Fsp3) is 0.455. The molecule has 1 saturated carbocycles. The van der Waals surface area contributed by atoms with Crippen LogP contribution in [0, 0.1) is 11.7 Å². The molecule has 1 aliphatic rings. The maximum Gasteiger partial charge on any atom is 0.243 e. The Bertz CT molecular complexity index is 588. The third-order valence-corrected chi connectivity index (χ3v) is 4.78. The van der Waals surface area contributed by atoms with Gasteiger partial charge in [-0.3, -0.25) is 0 Å². The minimum atomic E-state index is -4.00. The van der Waals surface area contributed by atoms with Gasteiger partial charge in [0.15, 0.2) is 5.82 Å². The molecule has 0 saturated heterocycles. The molecule has 19 heavy (non-hydrogen) atoms. The monoisotopic (exact) mass is 308 g/mol. The van der Waals surface area contributed by atoms with Crippen molar-refractivity contribution in [3.8, 4) is 0 Å². The molecule has 0 aliphatic heterocycles. The molecule has 0 aromatic heterocycles. The molecule has 1 fully saturated rings. The zero-order valence-electron chi connectivity index (χ0n) is 9.94. The van der Waals surface area contributed by atoms with E-state index in [0.717, 1.165) is 12.1 Å². The van der Waals surface area contributed by atoms with Crippen LogP contribution in [0.5, 0.6) is 0 Å². The third-order valence-electron chi connectivity index (χ3n) is 3.08. The van der Waals surface area contributed by atoms with Crippen LogP contribution in [0.15, 0.2) is 17.0 Å². The van der Waals surface area contributed by atoms with Crippen LogP contribution < -0.4 is 10.5 Å². The predicted molar refractivity (Wildman–Crippen MR) is 69.7 cm³/mol. The van der Waals surface area contributed by atoms with Crippen LogP contribution in [0.25, 0.3) is 0 Å². The van der Waals surface area contributed by atoms with E-state index < -0.39 is 20.7 Å². The average molecular weight is 309 g/mol. The van der Waals surface area contributed by atoms with Crippen molar-refractivity contribution in [2.75, 3.05) is 12.3 Å². The zero-order chi connectivity index (χ0) is 14.2. The molecule has 0 spiro atoms. The van der Waals surface area contributed by atoms with Gasteiger partial charge in [-0.15, -0.1) is 0 Å². The smallest absolute Gasteiger partial charge is 0.243 e. The number of nitrogen functional groups attached to an aromatic ring is 1. The number of halogens is 2. The number of aliphatic hydroxyl groups excluding tert-OH is 1. The van der Waals surface area contributed by atoms with Gasteiger partial charge in [-0.1, -0.05) is 11.6 Å². The fourth-order valence-electron chi connectivity index (χ4n) is 1.95. The maximum absolute atomic E-state index is 13.7. The molecular formula is C11H14ClFN2O3S. The SMILES string of the molecule is Nc1cc(Cl)c(F)c(S(=O)(=O)NCC2CC(O)C2)c1. The highest BCUT2D eigenvalue weighted by Crippen LogP contribution is 2.28. The summed E-state index contributed by atoms with van der Waals surface area (Å²) < 4.78 is 39.9. The van der Waals surface area contributed by atoms with Crippen molar-refractivity contribution in [2.24, 2.45) is 5.92 Å². The highest BCUT2D eigenvalue weighted by Gasteiger charge is 2.29. The van der Waals surface area contributed by atoms with Crippen LogP contribution in [0.1, 0.15) is 12.8 Å². The van der Waals surface area contributed by atoms with Crippen molar-refractivity contribution in [1.29, 1.82) is 0 Å². The number of rotatable bonds is 4. The highest BCUT2D eigenvalue weighted by molar-refractivity contribution is 7.89. The normalized spacial score (nSPS) is 23.1. The standard InChI is InChI=1S/C11H14ClFN2O3S/c12-9-3-7(14)4-10(11(9)13)19(17,18)15-5-6-1-8(16)2-6/h3-4,6,8,15-16H,1-2,5,14H2. The lowest BCUT2D eigenvalue weighted by atomic mass is 9.83. The van der Waals surface area contributed by atoms with Gasteiger partial charge in [0.1, 0.15) is 4.90 Å². The molecule has 0 heterocycles. The van der Waals surface area contributed by atoms with E-state index in [1.807, 2.05) is 0 Å². The van der Waals surface area contributed by atoms with Gasteiger partial charge in [0, 0.05) is 12.2 Å². The molecule has 1 aromatic carbocycles. The van der Waals surface area contributed by atoms with Gasteiger partial charge in [0.25, 0.3) is 0 Å². The quantitative estimate of drug-likeness (QED) is 0.727. The summed E-state index contributed by atoms with van der Waals surface area (Å²) >= 11 is 5.57. The topological polar surface area (TPSA) is 92.4 Å². The van der Waals surface area contributed by atoms with Crippen molar-refractivity contribution in [2.45, 2.75) is 23.8 Å². The van der Waals surface area contributed by atoms with Crippen molar-refractivity contribution < 1.29 is 17.9 Å². The lowest BCUT2D eigenvalue weighted by Gasteiger charge is -2.31. The highest BCUT2D eigenvalue weighted by atomic mass is 35.5. The lowest BCUT2D eigenvalue weighted by Crippen LogP contribution is -2.38. The Morgan fingerprint density at radius 2 is 2.11 bits per heavy atom. The molecule has 1 aliphatic carbocycles. The number of hydrogen-bond acceptors (Lipinski definition) is 4. The van der Waals surface area contributed by atoms with Crippen molar-refractivity contribution in [1.82, 2.24) is 4.72 Å². The molecule has 0 atom stereocenters. The predicted octanol–water partition coefficient (Wildman–Crippen LogP) is 1.11. The van der Waals surface area contributed by atoms with Gasteiger partial charge < -0.3 is 10.8 Å². The molecular weight excluding hydrogens is 295 g/mol. The van der Waals surface area contributed by atoms with Gasteiger partial charge in [-0.2, -0.15) is 0 Å². The Hall–Kier alpha value is -0.890. The van der Waals surface area contributed by atoms with E-state index in [2.05, 4.69) is 4.72 Å². The summed E-state index contributed by atoms with van der Waals surface area (Å²) in [5, 5.41) is 8.78. The summed E-state index contributed by atoms with van der Waals surface area (Å²) in [7, 11) is -4.00. The van der Waals surface area contributed by atoms with Crippen LogP contribution in [-0.4, -0.2) is 26.2 Å². The number of aliphatic hydroxyl groups is 1. The van der Waals surface area contributed by atoms with E-state index in [1.165, 1.54) is 0 Å². The fourth-order valence-corrected chi connectivity index (χ4v) is 3.48. The number of nitrogens with two attached hydrogens (primary N) is 1. The van der Waals surface area contributed by atoms with E-state index >= 15 is 0 Å². The number of sulfonamides is 1. The zero-order valence-corrected chi connectivity index (χ0v) is 11.5. The number of nitrogens with one attached hydrogen (secondary N) is 1. The summed E-state index contributed by atoms with van der Waals surface area (Å²) in [6.45, 7) is 0.158. The van der Waals surface area contributed by atoms with Crippen molar-refractivity contribution >= 4 is 27.3 Å². The molecule has 1 aromatic rings. The summed E-state index contributed by atoms with van der Waals surface area (Å²) in [4.78, 5) is -0.558. The Morgan fingerprint density at radius 1 is 1.47 bits per heavy atom. The van der Waals surface area contributed by atoms with Gasteiger partial charge in [0.05, 0.1) is 11.1 Å². The van der Waals surface area contributed by atoms with E-state index in [-0.39, 0.29) is 29.3 Å². The van der Waals surface area contributed by atoms with Crippen molar-refractivity contribution in [3.63, 3.8) is 0 Å². The van der Waals surface area contributed by atoms with Gasteiger partial charge >= 0.3 is 0 Å². The number of hydrogen-bond donors (Lipinski definition) is 3. The van der Waals surface area contributed by atoms with Gasteiger partial charge in [-0.25, -0.2) is 17.5 Å². The third kappa shape index (κ3) is 3.17. The molecule has 2 rings (SSSR count). The van der Waals surface area contributed by atoms with E-state index in [0.29, 0.717) is 12.8 Å². The minimum Gasteiger partial charge on any atom is -0.399 e. The molecule has 8 heteroatoms. The van der Waals surface area contributed by atoms with Gasteiger partial charge in [0.2, 0.25) is 10.0 Å². The molecule has 0 amide bonds. The maximum atomic E-state index is 13.7. The van der Waals surface area contributed by atoms with Crippen LogP contribution in [0.2, 0.25) is 5.02 Å². The summed E-state index contributed by atoms with van der Waals surface area (Å²) in [6, 6.07) is 2.18. The van der Waals surface area contributed by atoms with Gasteiger partial charge in [-0.05, 0) is 30.9 Å². The Balaban J connectivity index is 2.15. The molecule has 4 N–H and O–H groups in total. The second kappa shape index (κ2) is 5.24. The summed E-state index contributed by atoms with van der Waals surface area (Å²) in [5.74, 6) is -0.943. The Morgan fingerprint density at radius 3 is 2.68 bits per heavy atom.